The number of hydrogen-bond donors (Lipinski definition) is 3. The predicted octanol–water partition coefficient (Wildman–Crippen LogP) is 3.40. The van der Waals surface area contributed by atoms with Gasteiger partial charge in [-0.1, -0.05) is 19.6 Å². The van der Waals surface area contributed by atoms with E-state index in [1.165, 1.54) is 13.0 Å². The maximum atomic E-state index is 14.0. The van der Waals surface area contributed by atoms with Gasteiger partial charge in [-0.05, 0) is 26.3 Å². The highest BCUT2D eigenvalue weighted by Crippen LogP contribution is 2.28. The van der Waals surface area contributed by atoms with Crippen LogP contribution in [0.25, 0.3) is 10.9 Å². The summed E-state index contributed by atoms with van der Waals surface area (Å²) in [6.07, 6.45) is 7.37. The number of anilines is 1. The fourth-order valence-electron chi connectivity index (χ4n) is 2.63. The third-order valence-corrected chi connectivity index (χ3v) is 4.03. The first-order valence-corrected chi connectivity index (χ1v) is 8.31. The molecule has 0 aliphatic rings. The second kappa shape index (κ2) is 7.86. The monoisotopic (exact) mass is 356 g/mol. The molecule has 5 N–H and O–H groups in total. The van der Waals surface area contributed by atoms with Crippen LogP contribution in [0.5, 0.6) is 0 Å². The molecule has 0 aromatic carbocycles. The summed E-state index contributed by atoms with van der Waals surface area (Å²) in [6, 6.07) is 0. The molecule has 0 unspecified atom stereocenters. The second-order valence-corrected chi connectivity index (χ2v) is 5.94. The maximum Gasteiger partial charge on any atom is 0.142 e. The van der Waals surface area contributed by atoms with Gasteiger partial charge in [0.1, 0.15) is 5.83 Å². The number of aromatic nitrogens is 3. The molecular formula is C19H25FN6. The number of fused-ring (bicyclic) bond motifs is 1. The summed E-state index contributed by atoms with van der Waals surface area (Å²) in [5.74, 6) is -0.557. The molecule has 0 spiro atoms. The van der Waals surface area contributed by atoms with Crippen molar-refractivity contribution < 1.29 is 4.39 Å². The van der Waals surface area contributed by atoms with Crippen molar-refractivity contribution in [2.24, 2.45) is 18.5 Å². The van der Waals surface area contributed by atoms with Gasteiger partial charge in [-0.3, -0.25) is 9.67 Å². The van der Waals surface area contributed by atoms with E-state index in [2.05, 4.69) is 22.0 Å². The Morgan fingerprint density at radius 1 is 1.38 bits per heavy atom. The van der Waals surface area contributed by atoms with E-state index in [0.29, 0.717) is 11.3 Å². The number of allylic oxidation sites excluding steroid dienone is 4. The molecule has 2 aromatic rings. The Kier molecular flexibility index (Phi) is 5.82. The minimum absolute atomic E-state index is 0.0721. The summed E-state index contributed by atoms with van der Waals surface area (Å²) >= 11 is 0. The van der Waals surface area contributed by atoms with Crippen molar-refractivity contribution in [3.63, 3.8) is 0 Å². The minimum atomic E-state index is -0.557. The van der Waals surface area contributed by atoms with Crippen molar-refractivity contribution in [1.29, 1.82) is 0 Å². The van der Waals surface area contributed by atoms with Crippen LogP contribution in [0.4, 0.5) is 10.1 Å². The van der Waals surface area contributed by atoms with E-state index in [9.17, 15) is 4.39 Å². The van der Waals surface area contributed by atoms with Crippen molar-refractivity contribution in [1.82, 2.24) is 14.8 Å². The summed E-state index contributed by atoms with van der Waals surface area (Å²) in [5.41, 5.74) is 15.4. The lowest BCUT2D eigenvalue weighted by Crippen LogP contribution is -2.10. The highest BCUT2D eigenvalue weighted by Gasteiger charge is 2.14. The number of hydrogen-bond acceptors (Lipinski definition) is 5. The van der Waals surface area contributed by atoms with Crippen molar-refractivity contribution in [2.45, 2.75) is 27.2 Å². The zero-order valence-corrected chi connectivity index (χ0v) is 15.6. The molecule has 0 saturated carbocycles. The number of nitrogens with zero attached hydrogens (tertiary/aromatic N) is 3. The third-order valence-electron chi connectivity index (χ3n) is 4.03. The third kappa shape index (κ3) is 3.77. The van der Waals surface area contributed by atoms with Crippen LogP contribution in [0.2, 0.25) is 0 Å². The first kappa shape index (κ1) is 19.2. The molecule has 26 heavy (non-hydrogen) atoms. The Bertz CT molecular complexity index is 929. The van der Waals surface area contributed by atoms with E-state index in [1.54, 1.807) is 23.2 Å². The molecular weight excluding hydrogens is 331 g/mol. The van der Waals surface area contributed by atoms with E-state index in [1.807, 2.05) is 20.9 Å². The number of rotatable bonds is 6. The van der Waals surface area contributed by atoms with Crippen LogP contribution < -0.4 is 16.8 Å². The van der Waals surface area contributed by atoms with Gasteiger partial charge in [-0.25, -0.2) is 4.39 Å². The molecule has 138 valence electrons. The van der Waals surface area contributed by atoms with E-state index < -0.39 is 5.83 Å². The first-order valence-electron chi connectivity index (χ1n) is 8.31. The molecule has 0 aliphatic carbocycles. The van der Waals surface area contributed by atoms with Gasteiger partial charge in [-0.15, -0.1) is 0 Å². The fraction of sp³-hybridized carbons (Fsp3) is 0.263. The molecule has 0 bridgehead atoms. The van der Waals surface area contributed by atoms with Crippen molar-refractivity contribution in [2.75, 3.05) is 5.32 Å². The van der Waals surface area contributed by atoms with E-state index in [0.717, 1.165) is 28.7 Å². The molecule has 0 radical (unpaired) electrons. The van der Waals surface area contributed by atoms with Crippen LogP contribution in [0.1, 0.15) is 26.5 Å². The fourth-order valence-corrected chi connectivity index (χ4v) is 2.63. The average Bonchev–Trinajstić information content (AvgIpc) is 2.99. The van der Waals surface area contributed by atoms with Crippen LogP contribution >= 0.6 is 0 Å². The van der Waals surface area contributed by atoms with Gasteiger partial charge in [0, 0.05) is 35.1 Å². The zero-order chi connectivity index (χ0) is 19.4. The Morgan fingerprint density at radius 2 is 2.08 bits per heavy atom. The van der Waals surface area contributed by atoms with Gasteiger partial charge in [0.2, 0.25) is 0 Å². The van der Waals surface area contributed by atoms with Gasteiger partial charge in [0.05, 0.1) is 29.3 Å². The topological polar surface area (TPSA) is 94.8 Å². The van der Waals surface area contributed by atoms with Crippen molar-refractivity contribution in [3.05, 3.63) is 65.3 Å². The van der Waals surface area contributed by atoms with Crippen LogP contribution in [0.15, 0.2) is 59.6 Å². The second-order valence-electron chi connectivity index (χ2n) is 5.94. The number of nitrogens with one attached hydrogen (secondary N) is 1. The lowest BCUT2D eigenvalue weighted by molar-refractivity contribution is 0.651. The molecule has 2 rings (SSSR count). The molecule has 6 nitrogen and oxygen atoms in total. The van der Waals surface area contributed by atoms with Gasteiger partial charge in [0.15, 0.2) is 0 Å². The quantitative estimate of drug-likeness (QED) is 0.690. The number of aryl methyl sites for hydroxylation is 2. The smallest absolute Gasteiger partial charge is 0.142 e. The molecule has 7 heteroatoms. The predicted molar refractivity (Wildman–Crippen MR) is 105 cm³/mol. The Morgan fingerprint density at radius 3 is 2.62 bits per heavy atom. The lowest BCUT2D eigenvalue weighted by Gasteiger charge is -2.16. The molecule has 2 aromatic heterocycles. The van der Waals surface area contributed by atoms with Crippen LogP contribution in [-0.2, 0) is 13.5 Å². The molecule has 0 aliphatic heterocycles. The molecule has 0 amide bonds. The van der Waals surface area contributed by atoms with Crippen LogP contribution in [0, 0.1) is 0 Å². The normalized spacial score (nSPS) is 13.7. The SMILES string of the molecule is C=C(N)C(=C/C(F)=C(\C)N)/C(=C/C)Nc1cnc(CC)c2c1cnn2C. The van der Waals surface area contributed by atoms with E-state index >= 15 is 0 Å². The number of pyridine rings is 1. The molecule has 0 saturated heterocycles. The lowest BCUT2D eigenvalue weighted by atomic mass is 10.1. The van der Waals surface area contributed by atoms with Crippen LogP contribution in [-0.4, -0.2) is 14.8 Å². The molecule has 0 atom stereocenters. The summed E-state index contributed by atoms with van der Waals surface area (Å²) < 4.78 is 15.8. The van der Waals surface area contributed by atoms with Crippen LogP contribution in [0.3, 0.4) is 0 Å². The van der Waals surface area contributed by atoms with Crippen molar-refractivity contribution >= 4 is 16.6 Å². The molecule has 0 fully saturated rings. The molecule has 2 heterocycles. The summed E-state index contributed by atoms with van der Waals surface area (Å²) in [7, 11) is 1.88. The number of nitrogens with two attached hydrogens (primary N) is 2. The zero-order valence-electron chi connectivity index (χ0n) is 15.6. The van der Waals surface area contributed by atoms with Crippen molar-refractivity contribution in [3.8, 4) is 0 Å². The average molecular weight is 356 g/mol. The Labute approximate surface area is 152 Å². The highest BCUT2D eigenvalue weighted by atomic mass is 19.1. The van der Waals surface area contributed by atoms with Gasteiger partial charge < -0.3 is 16.8 Å². The Hall–Kier alpha value is -3.09. The maximum absolute atomic E-state index is 14.0. The van der Waals surface area contributed by atoms with Gasteiger partial charge in [-0.2, -0.15) is 5.10 Å². The van der Waals surface area contributed by atoms with Gasteiger partial charge >= 0.3 is 0 Å². The summed E-state index contributed by atoms with van der Waals surface area (Å²) in [6.45, 7) is 9.09. The summed E-state index contributed by atoms with van der Waals surface area (Å²) in [4.78, 5) is 4.51. The minimum Gasteiger partial charge on any atom is -0.400 e. The first-order chi connectivity index (χ1) is 12.3. The highest BCUT2D eigenvalue weighted by molar-refractivity contribution is 5.93. The largest absolute Gasteiger partial charge is 0.400 e. The summed E-state index contributed by atoms with van der Waals surface area (Å²) in [5, 5.41) is 8.52. The standard InChI is InChI=1S/C19H25FN6/c1-6-16(13(11(3)21)8-15(20)12(4)22)25-18-10-23-17(7-2)19-14(18)9-24-26(19)5/h6,8-10,25H,3,7,21-22H2,1-2,4-5H3/b13-8-,15-12-,16-6-. The van der Waals surface area contributed by atoms with E-state index in [-0.39, 0.29) is 11.4 Å². The van der Waals surface area contributed by atoms with Gasteiger partial charge in [0.25, 0.3) is 0 Å². The Balaban J connectivity index is 2.53. The number of halogens is 1. The van der Waals surface area contributed by atoms with E-state index in [4.69, 9.17) is 11.5 Å².